The highest BCUT2D eigenvalue weighted by Crippen LogP contribution is 2.39. The second-order valence-electron chi connectivity index (χ2n) is 6.65. The zero-order chi connectivity index (χ0) is 20.1. The van der Waals surface area contributed by atoms with Crippen molar-refractivity contribution in [2.45, 2.75) is 39.5 Å². The fourth-order valence-electron chi connectivity index (χ4n) is 3.14. The molecule has 1 amide bonds. The van der Waals surface area contributed by atoms with Gasteiger partial charge in [0, 0.05) is 4.88 Å². The summed E-state index contributed by atoms with van der Waals surface area (Å²) in [4.78, 5) is 37.6. The molecule has 0 fully saturated rings. The van der Waals surface area contributed by atoms with Crippen LogP contribution < -0.4 is 5.32 Å². The summed E-state index contributed by atoms with van der Waals surface area (Å²) in [6.45, 7) is 3.59. The van der Waals surface area contributed by atoms with Gasteiger partial charge in [-0.1, -0.05) is 29.8 Å². The lowest BCUT2D eigenvalue weighted by Gasteiger charge is -2.09. The minimum absolute atomic E-state index is 0.106. The highest BCUT2D eigenvalue weighted by atomic mass is 32.1. The number of carbonyl (C=O) groups excluding carboxylic acids is 3. The molecule has 28 heavy (non-hydrogen) atoms. The van der Waals surface area contributed by atoms with E-state index in [1.54, 1.807) is 6.92 Å². The van der Waals surface area contributed by atoms with Crippen LogP contribution in [0, 0.1) is 6.92 Å². The summed E-state index contributed by atoms with van der Waals surface area (Å²) in [5.41, 5.74) is 3.35. The van der Waals surface area contributed by atoms with Crippen molar-refractivity contribution in [1.29, 1.82) is 0 Å². The van der Waals surface area contributed by atoms with E-state index in [9.17, 15) is 14.4 Å². The molecule has 1 N–H and O–H groups in total. The molecule has 6 nitrogen and oxygen atoms in total. The first kappa shape index (κ1) is 20.1. The topological polar surface area (TPSA) is 81.7 Å². The normalized spacial score (nSPS) is 12.4. The maximum atomic E-state index is 12.3. The van der Waals surface area contributed by atoms with Crippen molar-refractivity contribution >= 4 is 34.2 Å². The number of ether oxygens (including phenoxy) is 2. The average Bonchev–Trinajstić information content (AvgIpc) is 3.22. The van der Waals surface area contributed by atoms with Crippen LogP contribution in [-0.2, 0) is 38.3 Å². The van der Waals surface area contributed by atoms with E-state index in [1.807, 2.05) is 31.2 Å². The van der Waals surface area contributed by atoms with Crippen LogP contribution in [0.4, 0.5) is 5.00 Å². The molecule has 0 unspecified atom stereocenters. The zero-order valence-corrected chi connectivity index (χ0v) is 16.8. The third-order valence-corrected chi connectivity index (χ3v) is 5.69. The highest BCUT2D eigenvalue weighted by Gasteiger charge is 2.28. The number of fused-ring (bicyclic) bond motifs is 1. The fourth-order valence-corrected chi connectivity index (χ4v) is 4.44. The van der Waals surface area contributed by atoms with E-state index >= 15 is 0 Å². The van der Waals surface area contributed by atoms with E-state index in [2.05, 4.69) is 5.32 Å². The molecule has 0 aliphatic heterocycles. The monoisotopic (exact) mass is 401 g/mol. The molecule has 0 spiro atoms. The third-order valence-electron chi connectivity index (χ3n) is 4.49. The Kier molecular flexibility index (Phi) is 6.46. The largest absolute Gasteiger partial charge is 0.462 e. The van der Waals surface area contributed by atoms with Crippen LogP contribution in [0.25, 0.3) is 0 Å². The molecule has 0 atom stereocenters. The lowest BCUT2D eigenvalue weighted by molar-refractivity contribution is -0.146. The smallest absolute Gasteiger partial charge is 0.341 e. The molecule has 1 aromatic carbocycles. The quantitative estimate of drug-likeness (QED) is 0.719. The van der Waals surface area contributed by atoms with Crippen molar-refractivity contribution in [2.24, 2.45) is 0 Å². The van der Waals surface area contributed by atoms with Gasteiger partial charge < -0.3 is 14.8 Å². The van der Waals surface area contributed by atoms with Gasteiger partial charge in [-0.3, -0.25) is 9.59 Å². The van der Waals surface area contributed by atoms with Gasteiger partial charge in [-0.2, -0.15) is 0 Å². The molecule has 1 heterocycles. The molecular formula is C21H23NO5S. The summed E-state index contributed by atoms with van der Waals surface area (Å²) in [6.07, 6.45) is 2.81. The zero-order valence-electron chi connectivity index (χ0n) is 16.0. The Morgan fingerprint density at radius 1 is 1.11 bits per heavy atom. The van der Waals surface area contributed by atoms with E-state index < -0.39 is 24.5 Å². The Morgan fingerprint density at radius 2 is 1.86 bits per heavy atom. The fraction of sp³-hybridized carbons (Fsp3) is 0.381. The molecule has 2 aromatic rings. The van der Waals surface area contributed by atoms with Gasteiger partial charge >= 0.3 is 11.9 Å². The number of hydrogen-bond acceptors (Lipinski definition) is 6. The average molecular weight is 401 g/mol. The molecule has 0 radical (unpaired) electrons. The summed E-state index contributed by atoms with van der Waals surface area (Å²) in [7, 11) is 0. The lowest BCUT2D eigenvalue weighted by atomic mass is 10.1. The van der Waals surface area contributed by atoms with Gasteiger partial charge in [-0.15, -0.1) is 11.3 Å². The molecule has 1 aliphatic rings. The van der Waals surface area contributed by atoms with Crippen molar-refractivity contribution < 1.29 is 23.9 Å². The second kappa shape index (κ2) is 9.01. The number of amides is 1. The maximum Gasteiger partial charge on any atom is 0.341 e. The van der Waals surface area contributed by atoms with Crippen LogP contribution in [0.1, 0.15) is 45.3 Å². The number of nitrogens with one attached hydrogen (secondary N) is 1. The van der Waals surface area contributed by atoms with Gasteiger partial charge in [0.25, 0.3) is 5.91 Å². The van der Waals surface area contributed by atoms with Crippen LogP contribution in [0.3, 0.4) is 0 Å². The van der Waals surface area contributed by atoms with Crippen molar-refractivity contribution in [3.8, 4) is 0 Å². The maximum absolute atomic E-state index is 12.3. The molecule has 0 saturated heterocycles. The van der Waals surface area contributed by atoms with Gasteiger partial charge in [0.05, 0.1) is 18.6 Å². The van der Waals surface area contributed by atoms with E-state index in [0.29, 0.717) is 10.6 Å². The lowest BCUT2D eigenvalue weighted by Crippen LogP contribution is -2.22. The first-order valence-corrected chi connectivity index (χ1v) is 10.1. The summed E-state index contributed by atoms with van der Waals surface area (Å²) in [5.74, 6) is -1.37. The predicted octanol–water partition coefficient (Wildman–Crippen LogP) is 3.45. The van der Waals surface area contributed by atoms with Gasteiger partial charge in [-0.05, 0) is 44.2 Å². The first-order chi connectivity index (χ1) is 13.5. The molecule has 0 bridgehead atoms. The number of esters is 2. The Balaban J connectivity index is 1.58. The van der Waals surface area contributed by atoms with Crippen LogP contribution in [-0.4, -0.2) is 31.1 Å². The highest BCUT2D eigenvalue weighted by molar-refractivity contribution is 7.17. The van der Waals surface area contributed by atoms with Crippen molar-refractivity contribution in [1.82, 2.24) is 0 Å². The summed E-state index contributed by atoms with van der Waals surface area (Å²) < 4.78 is 10.2. The number of aryl methyl sites for hydroxylation is 2. The molecule has 1 aliphatic carbocycles. The predicted molar refractivity (Wildman–Crippen MR) is 107 cm³/mol. The van der Waals surface area contributed by atoms with E-state index in [1.165, 1.54) is 11.3 Å². The Labute approximate surface area is 167 Å². The van der Waals surface area contributed by atoms with E-state index in [0.717, 1.165) is 40.8 Å². The molecule has 0 saturated carbocycles. The van der Waals surface area contributed by atoms with Crippen molar-refractivity contribution in [2.75, 3.05) is 18.5 Å². The Bertz CT molecular complexity index is 885. The molecule has 7 heteroatoms. The molecular weight excluding hydrogens is 378 g/mol. The summed E-state index contributed by atoms with van der Waals surface area (Å²) >= 11 is 1.40. The van der Waals surface area contributed by atoms with Gasteiger partial charge in [-0.25, -0.2) is 4.79 Å². The van der Waals surface area contributed by atoms with Crippen molar-refractivity contribution in [3.05, 3.63) is 51.4 Å². The van der Waals surface area contributed by atoms with Crippen LogP contribution in [0.15, 0.2) is 24.3 Å². The van der Waals surface area contributed by atoms with Gasteiger partial charge in [0.1, 0.15) is 5.00 Å². The number of carbonyl (C=O) groups is 3. The summed E-state index contributed by atoms with van der Waals surface area (Å²) in [5, 5.41) is 3.18. The molecule has 1 aromatic heterocycles. The number of thiophene rings is 1. The summed E-state index contributed by atoms with van der Waals surface area (Å²) in [6, 6.07) is 7.55. The van der Waals surface area contributed by atoms with Crippen LogP contribution >= 0.6 is 11.3 Å². The van der Waals surface area contributed by atoms with Gasteiger partial charge in [0.2, 0.25) is 0 Å². The SMILES string of the molecule is CCOC(=O)c1c(NC(=O)COC(=O)Cc2ccc(C)cc2)sc2c1CCC2. The Morgan fingerprint density at radius 3 is 2.57 bits per heavy atom. The third kappa shape index (κ3) is 4.78. The minimum atomic E-state index is -0.474. The second-order valence-corrected chi connectivity index (χ2v) is 7.76. The minimum Gasteiger partial charge on any atom is -0.462 e. The number of rotatable bonds is 7. The first-order valence-electron chi connectivity index (χ1n) is 9.30. The van der Waals surface area contributed by atoms with E-state index in [4.69, 9.17) is 9.47 Å². The van der Waals surface area contributed by atoms with Gasteiger partial charge in [0.15, 0.2) is 6.61 Å². The Hall–Kier alpha value is -2.67. The van der Waals surface area contributed by atoms with Crippen LogP contribution in [0.5, 0.6) is 0 Å². The molecule has 3 rings (SSSR count). The standard InChI is InChI=1S/C21H23NO5S/c1-3-26-21(25)19-15-5-4-6-16(15)28-20(19)22-17(23)12-27-18(24)11-14-9-7-13(2)8-10-14/h7-10H,3-6,11-12H2,1-2H3,(H,22,23). The van der Waals surface area contributed by atoms with Crippen LogP contribution in [0.2, 0.25) is 0 Å². The number of benzene rings is 1. The molecule has 148 valence electrons. The van der Waals surface area contributed by atoms with Crippen molar-refractivity contribution in [3.63, 3.8) is 0 Å². The number of hydrogen-bond donors (Lipinski definition) is 1. The van der Waals surface area contributed by atoms with E-state index in [-0.39, 0.29) is 13.0 Å². The number of anilines is 1.